The molecule has 1 heterocycles. The van der Waals surface area contributed by atoms with Gasteiger partial charge in [0.05, 0.1) is 17.0 Å². The first kappa shape index (κ1) is 23.1. The third-order valence-corrected chi connectivity index (χ3v) is 5.01. The highest BCUT2D eigenvalue weighted by Gasteiger charge is 2.23. The van der Waals surface area contributed by atoms with E-state index < -0.39 is 40.1 Å². The number of nitrogens with zero attached hydrogens (tertiary/aromatic N) is 3. The minimum Gasteiger partial charge on any atom is -0.454 e. The van der Waals surface area contributed by atoms with Crippen LogP contribution in [0, 0.1) is 17.0 Å². The number of esters is 1. The number of hydrogen-bond acceptors (Lipinski definition) is 8. The lowest BCUT2D eigenvalue weighted by Crippen LogP contribution is -2.43. The van der Waals surface area contributed by atoms with Gasteiger partial charge in [-0.15, -0.1) is 0 Å². The van der Waals surface area contributed by atoms with Crippen LogP contribution in [0.5, 0.6) is 0 Å². The van der Waals surface area contributed by atoms with Crippen LogP contribution in [0.4, 0.5) is 11.5 Å². The second kappa shape index (κ2) is 9.30. The average Bonchev–Trinajstić information content (AvgIpc) is 2.79. The molecule has 0 saturated heterocycles. The Morgan fingerprint density at radius 1 is 1.12 bits per heavy atom. The molecule has 33 heavy (non-hydrogen) atoms. The standard InChI is InChI=1S/C22H20N4O7/c1-13-10-15(8-9-16(13)26(31)32)21(29)33-12-17(27)18-19(23)25(22(30)24(2)20(18)28)11-14-6-4-3-5-7-14/h3-10H,11-12,23H2,1-2H3. The number of benzene rings is 2. The zero-order chi connectivity index (χ0) is 24.3. The summed E-state index contributed by atoms with van der Waals surface area (Å²) < 4.78 is 6.84. The summed E-state index contributed by atoms with van der Waals surface area (Å²) in [6.07, 6.45) is 0. The van der Waals surface area contributed by atoms with Gasteiger partial charge in [0, 0.05) is 18.7 Å². The number of nitro benzene ring substituents is 1. The van der Waals surface area contributed by atoms with Crippen LogP contribution in [0.15, 0.2) is 58.1 Å². The average molecular weight is 452 g/mol. The molecule has 0 atom stereocenters. The number of nitrogens with two attached hydrogens (primary N) is 1. The van der Waals surface area contributed by atoms with Crippen molar-refractivity contribution in [3.05, 3.63) is 102 Å². The molecule has 11 nitrogen and oxygen atoms in total. The highest BCUT2D eigenvalue weighted by atomic mass is 16.6. The van der Waals surface area contributed by atoms with Crippen molar-refractivity contribution in [3.8, 4) is 0 Å². The fraction of sp³-hybridized carbons (Fsp3) is 0.182. The largest absolute Gasteiger partial charge is 0.454 e. The van der Waals surface area contributed by atoms with Gasteiger partial charge in [0.2, 0.25) is 5.78 Å². The van der Waals surface area contributed by atoms with Gasteiger partial charge >= 0.3 is 11.7 Å². The summed E-state index contributed by atoms with van der Waals surface area (Å²) in [5, 5.41) is 10.9. The normalized spacial score (nSPS) is 10.6. The third kappa shape index (κ3) is 4.71. The van der Waals surface area contributed by atoms with Gasteiger partial charge in [-0.05, 0) is 24.6 Å². The molecule has 2 N–H and O–H groups in total. The number of nitrogen functional groups attached to an aromatic ring is 1. The summed E-state index contributed by atoms with van der Waals surface area (Å²) in [4.78, 5) is 60.5. The molecule has 170 valence electrons. The van der Waals surface area contributed by atoms with E-state index in [9.17, 15) is 29.3 Å². The van der Waals surface area contributed by atoms with Crippen LogP contribution < -0.4 is 17.0 Å². The zero-order valence-electron chi connectivity index (χ0n) is 17.8. The lowest BCUT2D eigenvalue weighted by atomic mass is 10.1. The number of anilines is 1. The van der Waals surface area contributed by atoms with Crippen LogP contribution in [-0.4, -0.2) is 32.4 Å². The number of aromatic nitrogens is 2. The van der Waals surface area contributed by atoms with E-state index in [-0.39, 0.29) is 29.2 Å². The zero-order valence-corrected chi connectivity index (χ0v) is 17.8. The van der Waals surface area contributed by atoms with Gasteiger partial charge in [0.25, 0.3) is 11.2 Å². The summed E-state index contributed by atoms with van der Waals surface area (Å²) in [5.41, 5.74) is 4.73. The molecule has 2 aromatic carbocycles. The molecule has 0 aliphatic rings. The summed E-state index contributed by atoms with van der Waals surface area (Å²) in [6.45, 7) is 0.681. The van der Waals surface area contributed by atoms with Crippen molar-refractivity contribution >= 4 is 23.3 Å². The predicted octanol–water partition coefficient (Wildman–Crippen LogP) is 1.43. The van der Waals surface area contributed by atoms with Crippen molar-refractivity contribution < 1.29 is 19.2 Å². The van der Waals surface area contributed by atoms with Gasteiger partial charge in [-0.1, -0.05) is 30.3 Å². The van der Waals surface area contributed by atoms with Crippen molar-refractivity contribution in [1.82, 2.24) is 9.13 Å². The quantitative estimate of drug-likeness (QED) is 0.244. The molecule has 0 radical (unpaired) electrons. The highest BCUT2D eigenvalue weighted by molar-refractivity contribution is 6.02. The Bertz CT molecular complexity index is 1370. The van der Waals surface area contributed by atoms with E-state index in [2.05, 4.69) is 0 Å². The number of ether oxygens (including phenoxy) is 1. The molecule has 0 unspecified atom stereocenters. The minimum atomic E-state index is -0.908. The van der Waals surface area contributed by atoms with Gasteiger partial charge in [0.1, 0.15) is 11.4 Å². The Hall–Kier alpha value is -4.54. The second-order valence-electron chi connectivity index (χ2n) is 7.24. The first-order chi connectivity index (χ1) is 15.6. The monoisotopic (exact) mass is 452 g/mol. The maximum Gasteiger partial charge on any atom is 0.338 e. The number of carbonyl (C=O) groups excluding carboxylic acids is 2. The summed E-state index contributed by atoms with van der Waals surface area (Å²) in [6, 6.07) is 12.5. The van der Waals surface area contributed by atoms with E-state index in [1.807, 2.05) is 0 Å². The number of rotatable bonds is 7. The van der Waals surface area contributed by atoms with Gasteiger partial charge in [-0.3, -0.25) is 28.8 Å². The van der Waals surface area contributed by atoms with E-state index in [4.69, 9.17) is 10.5 Å². The predicted molar refractivity (Wildman–Crippen MR) is 118 cm³/mol. The Labute approximate surface area is 186 Å². The Kier molecular flexibility index (Phi) is 6.52. The van der Waals surface area contributed by atoms with E-state index in [1.54, 1.807) is 30.3 Å². The maximum atomic E-state index is 12.7. The Balaban J connectivity index is 1.86. The van der Waals surface area contributed by atoms with E-state index in [1.165, 1.54) is 26.1 Å². The molecule has 3 aromatic rings. The van der Waals surface area contributed by atoms with Crippen LogP contribution >= 0.6 is 0 Å². The number of nitro groups is 1. The van der Waals surface area contributed by atoms with Gasteiger partial charge in [0.15, 0.2) is 6.61 Å². The topological polar surface area (TPSA) is 157 Å². The molecular weight excluding hydrogens is 432 g/mol. The van der Waals surface area contributed by atoms with Crippen LogP contribution in [0.1, 0.15) is 31.8 Å². The molecule has 1 aromatic heterocycles. The molecule has 3 rings (SSSR count). The Morgan fingerprint density at radius 2 is 1.79 bits per heavy atom. The first-order valence-electron chi connectivity index (χ1n) is 9.70. The van der Waals surface area contributed by atoms with E-state index >= 15 is 0 Å². The van der Waals surface area contributed by atoms with Gasteiger partial charge < -0.3 is 10.5 Å². The molecule has 0 aliphatic heterocycles. The van der Waals surface area contributed by atoms with Crippen molar-refractivity contribution in [2.75, 3.05) is 12.3 Å². The van der Waals surface area contributed by atoms with E-state index in [0.29, 0.717) is 0 Å². The van der Waals surface area contributed by atoms with Crippen LogP contribution in [0.3, 0.4) is 0 Å². The van der Waals surface area contributed by atoms with Gasteiger partial charge in [-0.2, -0.15) is 0 Å². The molecule has 0 amide bonds. The number of ketones is 1. The molecular formula is C22H20N4O7. The van der Waals surface area contributed by atoms with Crippen LogP contribution in [0.25, 0.3) is 0 Å². The van der Waals surface area contributed by atoms with Crippen molar-refractivity contribution in [1.29, 1.82) is 0 Å². The molecule has 0 spiro atoms. The number of aryl methyl sites for hydroxylation is 1. The van der Waals surface area contributed by atoms with Crippen molar-refractivity contribution in [2.45, 2.75) is 13.5 Å². The summed E-state index contributed by atoms with van der Waals surface area (Å²) >= 11 is 0. The molecule has 0 fully saturated rings. The van der Waals surface area contributed by atoms with Crippen LogP contribution in [-0.2, 0) is 18.3 Å². The van der Waals surface area contributed by atoms with Crippen molar-refractivity contribution in [3.63, 3.8) is 0 Å². The first-order valence-corrected chi connectivity index (χ1v) is 9.70. The fourth-order valence-corrected chi connectivity index (χ4v) is 3.24. The lowest BCUT2D eigenvalue weighted by Gasteiger charge is -2.14. The maximum absolute atomic E-state index is 12.7. The number of Topliss-reactive ketones (excluding diaryl/α,β-unsaturated/α-hetero) is 1. The summed E-state index contributed by atoms with van der Waals surface area (Å²) in [5.74, 6) is -2.13. The fourth-order valence-electron chi connectivity index (χ4n) is 3.24. The Morgan fingerprint density at radius 3 is 2.39 bits per heavy atom. The minimum absolute atomic E-state index is 0.000761. The molecule has 11 heteroatoms. The SMILES string of the molecule is Cc1cc(C(=O)OCC(=O)c2c(N)n(Cc3ccccc3)c(=O)n(C)c2=O)ccc1[N+](=O)[O-]. The smallest absolute Gasteiger partial charge is 0.338 e. The number of hydrogen-bond donors (Lipinski definition) is 1. The lowest BCUT2D eigenvalue weighted by molar-refractivity contribution is -0.385. The van der Waals surface area contributed by atoms with Gasteiger partial charge in [-0.25, -0.2) is 9.59 Å². The number of carbonyl (C=O) groups is 2. The highest BCUT2D eigenvalue weighted by Crippen LogP contribution is 2.19. The molecule has 0 aliphatic carbocycles. The van der Waals surface area contributed by atoms with Crippen LogP contribution in [0.2, 0.25) is 0 Å². The van der Waals surface area contributed by atoms with E-state index in [0.717, 1.165) is 20.8 Å². The third-order valence-electron chi connectivity index (χ3n) is 5.01. The molecule has 0 bridgehead atoms. The van der Waals surface area contributed by atoms with Crippen molar-refractivity contribution in [2.24, 2.45) is 7.05 Å². The second-order valence-corrected chi connectivity index (χ2v) is 7.24. The molecule has 0 saturated carbocycles. The summed E-state index contributed by atoms with van der Waals surface area (Å²) in [7, 11) is 1.22.